The molecule has 20 heteroatoms. The summed E-state index contributed by atoms with van der Waals surface area (Å²) in [5, 5.41) is -4.64. The predicted molar refractivity (Wildman–Crippen MR) is 94.6 cm³/mol. The Morgan fingerprint density at radius 3 is 1.31 bits per heavy atom. The van der Waals surface area contributed by atoms with E-state index in [1.54, 1.807) is 0 Å². The van der Waals surface area contributed by atoms with E-state index in [0.717, 1.165) is 13.1 Å². The Hall–Kier alpha value is -1.70. The van der Waals surface area contributed by atoms with Crippen LogP contribution in [0.2, 0.25) is 0 Å². The number of hydrogen-bond donors (Lipinski definition) is 2. The smallest absolute Gasteiger partial charge is 0.310 e. The summed E-state index contributed by atoms with van der Waals surface area (Å²) in [5.74, 6) is -48.5. The summed E-state index contributed by atoms with van der Waals surface area (Å²) in [7, 11) is -7.77. The lowest BCUT2D eigenvalue weighted by atomic mass is 9.89. The van der Waals surface area contributed by atoms with Crippen molar-refractivity contribution in [2.75, 3.05) is 13.1 Å². The Bertz CT molecular complexity index is 851. The molecule has 1 unspecified atom stereocenters. The summed E-state index contributed by atoms with van der Waals surface area (Å²) in [5.41, 5.74) is 0. The Morgan fingerprint density at radius 1 is 0.722 bits per heavy atom. The molecular formula is C16H18F15NO3S. The van der Waals surface area contributed by atoms with Crippen molar-refractivity contribution in [3.05, 3.63) is 25.3 Å². The van der Waals surface area contributed by atoms with E-state index in [2.05, 4.69) is 18.5 Å². The van der Waals surface area contributed by atoms with Gasteiger partial charge in [0.2, 0.25) is 0 Å². The van der Waals surface area contributed by atoms with E-state index in [0.29, 0.717) is 0 Å². The molecule has 36 heavy (non-hydrogen) atoms. The highest BCUT2D eigenvalue weighted by atomic mass is 32.2. The van der Waals surface area contributed by atoms with Gasteiger partial charge < -0.3 is 5.32 Å². The van der Waals surface area contributed by atoms with Crippen molar-refractivity contribution in [3.63, 3.8) is 0 Å². The molecule has 0 aromatic rings. The first-order valence-electron chi connectivity index (χ1n) is 8.83. The van der Waals surface area contributed by atoms with Crippen LogP contribution in [0.25, 0.3) is 0 Å². The van der Waals surface area contributed by atoms with E-state index in [9.17, 15) is 74.3 Å². The predicted octanol–water partition coefficient (Wildman–Crippen LogP) is 5.97. The molecule has 216 valence electrons. The first-order chi connectivity index (χ1) is 15.6. The number of nitrogens with one attached hydrogen (secondary N) is 1. The normalized spacial score (nSPS) is 15.6. The second-order valence-corrected chi connectivity index (χ2v) is 8.06. The number of alkyl halides is 15. The van der Waals surface area contributed by atoms with Crippen molar-refractivity contribution in [2.45, 2.75) is 60.3 Å². The van der Waals surface area contributed by atoms with Crippen molar-refractivity contribution in [2.24, 2.45) is 0 Å². The molecule has 0 heterocycles. The van der Waals surface area contributed by atoms with Crippen LogP contribution >= 0.6 is 0 Å². The van der Waals surface area contributed by atoms with Crippen LogP contribution in [0.5, 0.6) is 0 Å². The molecule has 0 aliphatic carbocycles. The van der Waals surface area contributed by atoms with Gasteiger partial charge in [-0.3, -0.25) is 4.55 Å². The van der Waals surface area contributed by atoms with Gasteiger partial charge in [-0.05, 0) is 6.42 Å². The Morgan fingerprint density at radius 2 is 1.03 bits per heavy atom. The molecule has 0 fully saturated rings. The lowest BCUT2D eigenvalue weighted by Crippen LogP contribution is -2.74. The van der Waals surface area contributed by atoms with E-state index in [4.69, 9.17) is 4.55 Å². The molecule has 0 aromatic carbocycles. The molecule has 0 bridgehead atoms. The molecule has 0 amide bonds. The van der Waals surface area contributed by atoms with E-state index in [1.165, 1.54) is 0 Å². The zero-order valence-electron chi connectivity index (χ0n) is 17.6. The van der Waals surface area contributed by atoms with Gasteiger partial charge in [0.15, 0.2) is 6.17 Å². The van der Waals surface area contributed by atoms with Gasteiger partial charge in [0.05, 0.1) is 0 Å². The van der Waals surface area contributed by atoms with Crippen molar-refractivity contribution < 1.29 is 78.8 Å². The van der Waals surface area contributed by atoms with Gasteiger partial charge >= 0.3 is 50.9 Å². The first kappa shape index (κ1) is 36.5. The second-order valence-electron chi connectivity index (χ2n) is 6.60. The molecule has 0 saturated heterocycles. The SMILES string of the molecule is C=CCNCC=C.CCC(F)C(F)(F)C(F)(F)C(F)(F)C(F)(F)C(F)(F)C(F)(F)C(F)(F)S(=O)(=O)O. The minimum absolute atomic E-state index is 0.264. The third kappa shape index (κ3) is 5.89. The van der Waals surface area contributed by atoms with Crippen molar-refractivity contribution in [3.8, 4) is 0 Å². The number of rotatable bonds is 13. The maximum atomic E-state index is 13.3. The van der Waals surface area contributed by atoms with Crippen LogP contribution < -0.4 is 5.32 Å². The lowest BCUT2D eigenvalue weighted by Gasteiger charge is -2.42. The third-order valence-corrected chi connectivity index (χ3v) is 4.92. The molecule has 1 atom stereocenters. The number of halogens is 15. The molecule has 0 saturated carbocycles. The monoisotopic (exact) mass is 589 g/mol. The summed E-state index contributed by atoms with van der Waals surface area (Å²) in [6.45, 7) is 9.07. The van der Waals surface area contributed by atoms with E-state index < -0.39 is 63.5 Å². The van der Waals surface area contributed by atoms with E-state index in [1.807, 2.05) is 12.2 Å². The molecular weight excluding hydrogens is 571 g/mol. The maximum Gasteiger partial charge on any atom is 0.438 e. The van der Waals surface area contributed by atoms with Gasteiger partial charge in [0.1, 0.15) is 0 Å². The van der Waals surface area contributed by atoms with Crippen LogP contribution in [0, 0.1) is 0 Å². The van der Waals surface area contributed by atoms with Gasteiger partial charge in [0.25, 0.3) is 0 Å². The zero-order chi connectivity index (χ0) is 29.8. The van der Waals surface area contributed by atoms with Gasteiger partial charge in [-0.1, -0.05) is 19.1 Å². The quantitative estimate of drug-likeness (QED) is 0.120. The van der Waals surface area contributed by atoms with Crippen LogP contribution in [-0.2, 0) is 10.1 Å². The topological polar surface area (TPSA) is 66.4 Å². The van der Waals surface area contributed by atoms with Crippen LogP contribution in [-0.4, -0.2) is 73.0 Å². The van der Waals surface area contributed by atoms with Crippen LogP contribution in [0.3, 0.4) is 0 Å². The van der Waals surface area contributed by atoms with Crippen LogP contribution in [0.4, 0.5) is 65.9 Å². The van der Waals surface area contributed by atoms with E-state index >= 15 is 0 Å². The molecule has 0 aliphatic heterocycles. The summed E-state index contributed by atoms with van der Waals surface area (Å²) in [6.07, 6.45) is -2.59. The highest BCUT2D eigenvalue weighted by Crippen LogP contribution is 2.63. The highest BCUT2D eigenvalue weighted by molar-refractivity contribution is 7.87. The van der Waals surface area contributed by atoms with Crippen molar-refractivity contribution >= 4 is 10.1 Å². The fourth-order valence-electron chi connectivity index (χ4n) is 1.89. The fourth-order valence-corrected chi connectivity index (χ4v) is 2.34. The summed E-state index contributed by atoms with van der Waals surface area (Å²) in [6, 6.07) is 0. The Labute approximate surface area is 194 Å². The Kier molecular flexibility index (Phi) is 11.5. The molecule has 0 rings (SSSR count). The van der Waals surface area contributed by atoms with Gasteiger partial charge in [0, 0.05) is 13.1 Å². The van der Waals surface area contributed by atoms with Gasteiger partial charge in [-0.15, -0.1) is 13.2 Å². The first-order valence-corrected chi connectivity index (χ1v) is 10.3. The van der Waals surface area contributed by atoms with Crippen LogP contribution in [0.1, 0.15) is 13.3 Å². The van der Waals surface area contributed by atoms with Crippen LogP contribution in [0.15, 0.2) is 25.3 Å². The maximum absolute atomic E-state index is 13.3. The van der Waals surface area contributed by atoms with Crippen molar-refractivity contribution in [1.29, 1.82) is 0 Å². The molecule has 0 aromatic heterocycles. The summed E-state index contributed by atoms with van der Waals surface area (Å²) < 4.78 is 224. The third-order valence-electron chi connectivity index (χ3n) is 4.01. The minimum atomic E-state index is -8.54. The molecule has 4 nitrogen and oxygen atoms in total. The van der Waals surface area contributed by atoms with Crippen molar-refractivity contribution in [1.82, 2.24) is 5.32 Å². The molecule has 0 aliphatic rings. The summed E-state index contributed by atoms with van der Waals surface area (Å²) >= 11 is 0. The second kappa shape index (κ2) is 11.4. The van der Waals surface area contributed by atoms with Gasteiger partial charge in [-0.2, -0.15) is 69.9 Å². The lowest BCUT2D eigenvalue weighted by molar-refractivity contribution is -0.438. The summed E-state index contributed by atoms with van der Waals surface area (Å²) in [4.78, 5) is 0. The average molecular weight is 589 g/mol. The standard InChI is InChI=1S/C10H7F15O3S.C6H11N/c1-2-3(11)4(12,13)5(14,15)6(16,17)7(18,19)8(20,21)9(22,23)10(24,25)29(26,27)28;1-3-5-7-6-4-2/h3H,2H2,1H3,(H,26,27,28);3-4,7H,1-2,5-6H2. The van der Waals surface area contributed by atoms with Gasteiger partial charge in [-0.25, -0.2) is 4.39 Å². The molecule has 0 spiro atoms. The van der Waals surface area contributed by atoms with E-state index in [-0.39, 0.29) is 6.92 Å². The Balaban J connectivity index is 0. The molecule has 0 radical (unpaired) electrons. The fraction of sp³-hybridized carbons (Fsp3) is 0.750. The highest BCUT2D eigenvalue weighted by Gasteiger charge is 2.94. The zero-order valence-corrected chi connectivity index (χ0v) is 18.4. The molecule has 2 N–H and O–H groups in total. The average Bonchev–Trinajstić information content (AvgIpc) is 2.72. The minimum Gasteiger partial charge on any atom is -0.310 e. The largest absolute Gasteiger partial charge is 0.438 e. The number of hydrogen-bond acceptors (Lipinski definition) is 3.